The zero-order valence-electron chi connectivity index (χ0n) is 16.8. The maximum absolute atomic E-state index is 13.7. The van der Waals surface area contributed by atoms with E-state index in [0.717, 1.165) is 28.2 Å². The average Bonchev–Trinajstić information content (AvgIpc) is 2.74. The number of carbonyl (C=O) groups excluding carboxylic acids is 1. The number of hydrogen-bond donors (Lipinski definition) is 1. The number of halogens is 1. The number of thioether (sulfide) groups is 1. The molecule has 1 fully saturated rings. The molecule has 0 aromatic heterocycles. The van der Waals surface area contributed by atoms with Crippen molar-refractivity contribution in [2.45, 2.75) is 42.0 Å². The van der Waals surface area contributed by atoms with E-state index in [0.29, 0.717) is 25.9 Å². The third-order valence-electron chi connectivity index (χ3n) is 5.81. The first-order valence-corrected chi connectivity index (χ1v) is 12.6. The third kappa shape index (κ3) is 4.40. The summed E-state index contributed by atoms with van der Waals surface area (Å²) < 4.78 is 40.9. The van der Waals surface area contributed by atoms with E-state index in [4.69, 9.17) is 0 Å². The molecule has 2 aromatic carbocycles. The van der Waals surface area contributed by atoms with E-state index < -0.39 is 10.0 Å². The predicted octanol–water partition coefficient (Wildman–Crippen LogP) is 3.89. The summed E-state index contributed by atoms with van der Waals surface area (Å²) in [5, 5.41) is 3.08. The van der Waals surface area contributed by atoms with Crippen molar-refractivity contribution >= 4 is 27.7 Å². The Bertz CT molecular complexity index is 1030. The van der Waals surface area contributed by atoms with E-state index in [9.17, 15) is 17.6 Å². The van der Waals surface area contributed by atoms with Gasteiger partial charge in [0.05, 0.1) is 10.9 Å². The highest BCUT2D eigenvalue weighted by Gasteiger charge is 2.33. The van der Waals surface area contributed by atoms with Crippen LogP contribution in [0.15, 0.2) is 52.3 Å². The summed E-state index contributed by atoms with van der Waals surface area (Å²) in [6, 6.07) is 11.3. The van der Waals surface area contributed by atoms with E-state index in [-0.39, 0.29) is 28.6 Å². The summed E-state index contributed by atoms with van der Waals surface area (Å²) in [6.07, 6.45) is 1.72. The van der Waals surface area contributed by atoms with E-state index in [2.05, 4.69) is 5.32 Å². The SMILES string of the molecule is Cc1ccc(S(=O)(=O)N2CCC(C(=O)N[C@H]3CCSc4ccc(F)cc43)CC2)cc1. The summed E-state index contributed by atoms with van der Waals surface area (Å²) in [7, 11) is -3.54. The van der Waals surface area contributed by atoms with Gasteiger partial charge in [-0.2, -0.15) is 4.31 Å². The number of amides is 1. The molecule has 1 N–H and O–H groups in total. The number of benzene rings is 2. The minimum atomic E-state index is -3.54. The summed E-state index contributed by atoms with van der Waals surface area (Å²) in [4.78, 5) is 14.1. The lowest BCUT2D eigenvalue weighted by Crippen LogP contribution is -2.44. The molecule has 1 amide bonds. The quantitative estimate of drug-likeness (QED) is 0.771. The summed E-state index contributed by atoms with van der Waals surface area (Å²) in [5.74, 6) is 0.261. The molecule has 0 bridgehead atoms. The Balaban J connectivity index is 1.38. The Morgan fingerprint density at radius 2 is 1.80 bits per heavy atom. The van der Waals surface area contributed by atoms with Crippen molar-refractivity contribution in [1.82, 2.24) is 9.62 Å². The normalized spacial score (nSPS) is 20.5. The molecule has 2 aliphatic rings. The lowest BCUT2D eigenvalue weighted by Gasteiger charge is -2.32. The smallest absolute Gasteiger partial charge is 0.243 e. The molecule has 1 atom stereocenters. The van der Waals surface area contributed by atoms with Gasteiger partial charge in [0.2, 0.25) is 15.9 Å². The number of nitrogens with one attached hydrogen (secondary N) is 1. The van der Waals surface area contributed by atoms with E-state index >= 15 is 0 Å². The minimum Gasteiger partial charge on any atom is -0.349 e. The number of rotatable bonds is 4. The molecule has 1 saturated heterocycles. The highest BCUT2D eigenvalue weighted by atomic mass is 32.2. The predicted molar refractivity (Wildman–Crippen MR) is 115 cm³/mol. The molecule has 30 heavy (non-hydrogen) atoms. The van der Waals surface area contributed by atoms with Crippen molar-refractivity contribution in [2.24, 2.45) is 5.92 Å². The van der Waals surface area contributed by atoms with E-state index in [1.807, 2.05) is 6.92 Å². The first-order chi connectivity index (χ1) is 14.3. The third-order valence-corrected chi connectivity index (χ3v) is 8.85. The number of piperidine rings is 1. The maximum atomic E-state index is 13.7. The number of aryl methyl sites for hydroxylation is 1. The number of nitrogens with zero attached hydrogens (tertiary/aromatic N) is 1. The highest BCUT2D eigenvalue weighted by Crippen LogP contribution is 2.37. The largest absolute Gasteiger partial charge is 0.349 e. The van der Waals surface area contributed by atoms with Gasteiger partial charge in [0, 0.05) is 29.7 Å². The second-order valence-corrected chi connectivity index (χ2v) is 10.9. The molecule has 0 radical (unpaired) electrons. The zero-order chi connectivity index (χ0) is 21.3. The standard InChI is InChI=1S/C22H25FN2O3S2/c1-15-2-5-18(6-3-15)30(27,28)25-11-8-16(9-12-25)22(26)24-20-10-13-29-21-7-4-17(23)14-19(20)21/h2-7,14,16,20H,8-13H2,1H3,(H,24,26)/t20-/m0/s1. The van der Waals surface area contributed by atoms with Crippen molar-refractivity contribution < 1.29 is 17.6 Å². The fourth-order valence-corrected chi connectivity index (χ4v) is 6.60. The monoisotopic (exact) mass is 448 g/mol. The number of carbonyl (C=O) groups is 1. The fraction of sp³-hybridized carbons (Fsp3) is 0.409. The van der Waals surface area contributed by atoms with Crippen molar-refractivity contribution in [3.05, 3.63) is 59.4 Å². The van der Waals surface area contributed by atoms with Gasteiger partial charge in [-0.1, -0.05) is 17.7 Å². The Hall–Kier alpha value is -1.90. The Morgan fingerprint density at radius 3 is 2.50 bits per heavy atom. The summed E-state index contributed by atoms with van der Waals surface area (Å²) in [5.41, 5.74) is 1.84. The molecule has 4 rings (SSSR count). The lowest BCUT2D eigenvalue weighted by atomic mass is 9.95. The van der Waals surface area contributed by atoms with Crippen LogP contribution in [0.2, 0.25) is 0 Å². The van der Waals surface area contributed by atoms with Crippen LogP contribution in [-0.2, 0) is 14.8 Å². The lowest BCUT2D eigenvalue weighted by molar-refractivity contribution is -0.126. The van der Waals surface area contributed by atoms with Crippen molar-refractivity contribution in [3.8, 4) is 0 Å². The molecule has 0 aliphatic carbocycles. The fourth-order valence-electron chi connectivity index (χ4n) is 4.02. The van der Waals surface area contributed by atoms with Gasteiger partial charge in [-0.05, 0) is 62.1 Å². The van der Waals surface area contributed by atoms with Gasteiger partial charge >= 0.3 is 0 Å². The van der Waals surface area contributed by atoms with Gasteiger partial charge in [0.15, 0.2) is 0 Å². The second-order valence-electron chi connectivity index (χ2n) is 7.87. The number of fused-ring (bicyclic) bond motifs is 1. The molecule has 8 heteroatoms. The molecular formula is C22H25FN2O3S2. The molecule has 0 unspecified atom stereocenters. The van der Waals surface area contributed by atoms with Gasteiger partial charge in [0.25, 0.3) is 0 Å². The highest BCUT2D eigenvalue weighted by molar-refractivity contribution is 7.99. The minimum absolute atomic E-state index is 0.0745. The molecule has 0 saturated carbocycles. The van der Waals surface area contributed by atoms with Crippen LogP contribution in [0, 0.1) is 18.7 Å². The number of sulfonamides is 1. The van der Waals surface area contributed by atoms with E-state index in [1.54, 1.807) is 42.1 Å². The van der Waals surface area contributed by atoms with E-state index in [1.165, 1.54) is 16.4 Å². The molecule has 5 nitrogen and oxygen atoms in total. The van der Waals surface area contributed by atoms with Crippen LogP contribution in [-0.4, -0.2) is 37.5 Å². The first kappa shape index (κ1) is 21.3. The molecule has 0 spiro atoms. The van der Waals surface area contributed by atoms with Crippen LogP contribution in [0.25, 0.3) is 0 Å². The topological polar surface area (TPSA) is 66.5 Å². The molecule has 160 valence electrons. The number of hydrogen-bond acceptors (Lipinski definition) is 4. The maximum Gasteiger partial charge on any atom is 0.243 e. The average molecular weight is 449 g/mol. The molecular weight excluding hydrogens is 423 g/mol. The van der Waals surface area contributed by atoms with Gasteiger partial charge in [0.1, 0.15) is 5.82 Å². The Kier molecular flexibility index (Phi) is 6.18. The van der Waals surface area contributed by atoms with Crippen molar-refractivity contribution in [3.63, 3.8) is 0 Å². The van der Waals surface area contributed by atoms with Gasteiger partial charge in [-0.25, -0.2) is 12.8 Å². The first-order valence-electron chi connectivity index (χ1n) is 10.1. The Morgan fingerprint density at radius 1 is 1.10 bits per heavy atom. The summed E-state index contributed by atoms with van der Waals surface area (Å²) in [6.45, 7) is 2.55. The van der Waals surface area contributed by atoms with Crippen molar-refractivity contribution in [1.29, 1.82) is 0 Å². The summed E-state index contributed by atoms with van der Waals surface area (Å²) >= 11 is 1.67. The van der Waals surface area contributed by atoms with Crippen LogP contribution < -0.4 is 5.32 Å². The van der Waals surface area contributed by atoms with Gasteiger partial charge in [-0.3, -0.25) is 4.79 Å². The Labute approximate surface area is 181 Å². The van der Waals surface area contributed by atoms with Crippen LogP contribution >= 0.6 is 11.8 Å². The molecule has 2 aromatic rings. The van der Waals surface area contributed by atoms with Crippen LogP contribution in [0.4, 0.5) is 4.39 Å². The van der Waals surface area contributed by atoms with Gasteiger partial charge in [-0.15, -0.1) is 11.8 Å². The van der Waals surface area contributed by atoms with Crippen LogP contribution in [0.3, 0.4) is 0 Å². The molecule has 2 heterocycles. The van der Waals surface area contributed by atoms with Crippen molar-refractivity contribution in [2.75, 3.05) is 18.8 Å². The zero-order valence-corrected chi connectivity index (χ0v) is 18.4. The van der Waals surface area contributed by atoms with Crippen LogP contribution in [0.5, 0.6) is 0 Å². The van der Waals surface area contributed by atoms with Gasteiger partial charge < -0.3 is 5.32 Å². The molecule has 2 aliphatic heterocycles. The second kappa shape index (κ2) is 8.69. The van der Waals surface area contributed by atoms with Crippen LogP contribution in [0.1, 0.15) is 36.4 Å².